The smallest absolute Gasteiger partial charge is 0.253 e. The lowest BCUT2D eigenvalue weighted by Crippen LogP contribution is -2.50. The fourth-order valence-electron chi connectivity index (χ4n) is 3.11. The number of carbonyl (C=O) groups is 1. The zero-order valence-electron chi connectivity index (χ0n) is 12.2. The van der Waals surface area contributed by atoms with E-state index in [0.717, 1.165) is 52.4 Å². The number of likely N-dealkylation sites (tertiary alicyclic amines) is 1. The molecule has 3 aliphatic heterocycles. The molecule has 8 heteroatoms. The van der Waals surface area contributed by atoms with Crippen molar-refractivity contribution in [2.24, 2.45) is 0 Å². The van der Waals surface area contributed by atoms with Crippen molar-refractivity contribution in [2.45, 2.75) is 18.6 Å². The molecule has 3 heterocycles. The number of nitrogens with one attached hydrogen (secondary N) is 1. The van der Waals surface area contributed by atoms with Crippen molar-refractivity contribution in [3.8, 4) is 0 Å². The van der Waals surface area contributed by atoms with Gasteiger partial charge in [-0.2, -0.15) is 0 Å². The lowest BCUT2D eigenvalue weighted by molar-refractivity contribution is -0.144. The maximum Gasteiger partial charge on any atom is 0.253 e. The van der Waals surface area contributed by atoms with Gasteiger partial charge in [-0.05, 0) is 6.42 Å². The van der Waals surface area contributed by atoms with Gasteiger partial charge in [0, 0.05) is 45.3 Å². The van der Waals surface area contributed by atoms with Gasteiger partial charge < -0.3 is 19.7 Å². The number of amides is 1. The average Bonchev–Trinajstić information content (AvgIpc) is 2.98. The third kappa shape index (κ3) is 4.68. The number of hydrogen-bond acceptors (Lipinski definition) is 5. The fraction of sp³-hybridized carbons (Fsp3) is 0.923. The Bertz CT molecular complexity index is 324. The molecule has 0 saturated carbocycles. The van der Waals surface area contributed by atoms with E-state index in [-0.39, 0.29) is 36.8 Å². The van der Waals surface area contributed by atoms with Crippen LogP contribution in [0.1, 0.15) is 6.42 Å². The first kappa shape index (κ1) is 18.9. The molecule has 3 fully saturated rings. The van der Waals surface area contributed by atoms with Crippen LogP contribution in [0.4, 0.5) is 0 Å². The van der Waals surface area contributed by atoms with Crippen LogP contribution >= 0.6 is 24.8 Å². The van der Waals surface area contributed by atoms with E-state index < -0.39 is 0 Å². The highest BCUT2D eigenvalue weighted by Gasteiger charge is 2.34. The van der Waals surface area contributed by atoms with E-state index in [1.807, 2.05) is 4.90 Å². The highest BCUT2D eigenvalue weighted by atomic mass is 35.5. The Kier molecular flexibility index (Phi) is 8.23. The van der Waals surface area contributed by atoms with Gasteiger partial charge in [0.05, 0.1) is 19.8 Å². The van der Waals surface area contributed by atoms with Gasteiger partial charge in [-0.3, -0.25) is 9.69 Å². The van der Waals surface area contributed by atoms with Crippen molar-refractivity contribution in [2.75, 3.05) is 59.1 Å². The molecule has 3 saturated heterocycles. The van der Waals surface area contributed by atoms with E-state index in [2.05, 4.69) is 10.2 Å². The molecule has 3 aliphatic rings. The normalized spacial score (nSPS) is 30.4. The number of hydrogen-bond donors (Lipinski definition) is 1. The number of rotatable bonds is 2. The summed E-state index contributed by atoms with van der Waals surface area (Å²) in [5.41, 5.74) is 0. The second-order valence-corrected chi connectivity index (χ2v) is 5.44. The molecule has 2 unspecified atom stereocenters. The first-order valence-electron chi connectivity index (χ1n) is 7.27. The third-order valence-corrected chi connectivity index (χ3v) is 4.24. The summed E-state index contributed by atoms with van der Waals surface area (Å²) >= 11 is 0. The van der Waals surface area contributed by atoms with E-state index in [1.165, 1.54) is 0 Å². The summed E-state index contributed by atoms with van der Waals surface area (Å²) in [6.45, 7) is 7.47. The topological polar surface area (TPSA) is 54.0 Å². The summed E-state index contributed by atoms with van der Waals surface area (Å²) < 4.78 is 10.9. The van der Waals surface area contributed by atoms with Gasteiger partial charge in [0.1, 0.15) is 6.10 Å². The van der Waals surface area contributed by atoms with Crippen LogP contribution in [-0.2, 0) is 14.3 Å². The SMILES string of the molecule is Cl.Cl.O=C(C1CNCCO1)N1CCC(N2CCOCC2)C1. The zero-order chi connectivity index (χ0) is 13.1. The summed E-state index contributed by atoms with van der Waals surface area (Å²) in [6.07, 6.45) is 0.795. The minimum atomic E-state index is -0.280. The van der Waals surface area contributed by atoms with Crippen molar-refractivity contribution in [3.63, 3.8) is 0 Å². The van der Waals surface area contributed by atoms with E-state index >= 15 is 0 Å². The molecule has 2 atom stereocenters. The van der Waals surface area contributed by atoms with Crippen LogP contribution in [0.5, 0.6) is 0 Å². The molecule has 0 aromatic heterocycles. The van der Waals surface area contributed by atoms with E-state index in [4.69, 9.17) is 9.47 Å². The number of nitrogens with zero attached hydrogens (tertiary/aromatic N) is 2. The minimum Gasteiger partial charge on any atom is -0.379 e. The molecule has 1 amide bonds. The van der Waals surface area contributed by atoms with Crippen molar-refractivity contribution in [3.05, 3.63) is 0 Å². The molecule has 21 heavy (non-hydrogen) atoms. The lowest BCUT2D eigenvalue weighted by atomic mass is 10.2. The summed E-state index contributed by atoms with van der Waals surface area (Å²) in [7, 11) is 0. The zero-order valence-corrected chi connectivity index (χ0v) is 13.8. The Hall–Kier alpha value is -0.110. The fourth-order valence-corrected chi connectivity index (χ4v) is 3.11. The molecule has 0 aromatic carbocycles. The van der Waals surface area contributed by atoms with Crippen LogP contribution in [0, 0.1) is 0 Å². The van der Waals surface area contributed by atoms with E-state index in [0.29, 0.717) is 19.2 Å². The number of halogens is 2. The lowest BCUT2D eigenvalue weighted by Gasteiger charge is -2.32. The molecular weight excluding hydrogens is 317 g/mol. The van der Waals surface area contributed by atoms with Gasteiger partial charge >= 0.3 is 0 Å². The van der Waals surface area contributed by atoms with Crippen LogP contribution in [0.15, 0.2) is 0 Å². The molecule has 1 N–H and O–H groups in total. The Morgan fingerprint density at radius 2 is 1.86 bits per heavy atom. The largest absolute Gasteiger partial charge is 0.379 e. The Labute approximate surface area is 138 Å². The van der Waals surface area contributed by atoms with Crippen LogP contribution in [0.2, 0.25) is 0 Å². The molecule has 124 valence electrons. The molecule has 0 bridgehead atoms. The van der Waals surface area contributed by atoms with Gasteiger partial charge in [0.15, 0.2) is 0 Å². The van der Waals surface area contributed by atoms with Gasteiger partial charge in [-0.15, -0.1) is 24.8 Å². The van der Waals surface area contributed by atoms with E-state index in [9.17, 15) is 4.79 Å². The maximum absolute atomic E-state index is 12.3. The Morgan fingerprint density at radius 3 is 2.52 bits per heavy atom. The Morgan fingerprint density at radius 1 is 1.10 bits per heavy atom. The monoisotopic (exact) mass is 341 g/mol. The maximum atomic E-state index is 12.3. The minimum absolute atomic E-state index is 0. The van der Waals surface area contributed by atoms with Gasteiger partial charge in [0.25, 0.3) is 5.91 Å². The van der Waals surface area contributed by atoms with Crippen LogP contribution in [0.3, 0.4) is 0 Å². The van der Waals surface area contributed by atoms with Crippen molar-refractivity contribution in [1.82, 2.24) is 15.1 Å². The van der Waals surface area contributed by atoms with Crippen LogP contribution in [-0.4, -0.2) is 86.9 Å². The summed E-state index contributed by atoms with van der Waals surface area (Å²) in [4.78, 5) is 16.8. The first-order valence-corrected chi connectivity index (χ1v) is 7.27. The Balaban J connectivity index is 0.00000110. The van der Waals surface area contributed by atoms with Gasteiger partial charge in [-0.1, -0.05) is 0 Å². The van der Waals surface area contributed by atoms with Gasteiger partial charge in [0.2, 0.25) is 0 Å². The van der Waals surface area contributed by atoms with Gasteiger partial charge in [-0.25, -0.2) is 0 Å². The molecule has 3 rings (SSSR count). The summed E-state index contributed by atoms with van der Waals surface area (Å²) in [6, 6.07) is 0.504. The van der Waals surface area contributed by atoms with E-state index in [1.54, 1.807) is 0 Å². The summed E-state index contributed by atoms with van der Waals surface area (Å²) in [5.74, 6) is 0.156. The molecule has 0 spiro atoms. The molecule has 6 nitrogen and oxygen atoms in total. The van der Waals surface area contributed by atoms with Crippen LogP contribution < -0.4 is 5.32 Å². The third-order valence-electron chi connectivity index (χ3n) is 4.24. The standard InChI is InChI=1S/C13H23N3O3.2ClH/c17-13(12-9-14-2-6-19-12)16-3-1-11(10-16)15-4-7-18-8-5-15;;/h11-12,14H,1-10H2;2*1H. The number of morpholine rings is 2. The summed E-state index contributed by atoms with van der Waals surface area (Å²) in [5, 5.41) is 3.21. The quantitative estimate of drug-likeness (QED) is 0.750. The predicted molar refractivity (Wildman–Crippen MR) is 84.5 cm³/mol. The average molecular weight is 342 g/mol. The van der Waals surface area contributed by atoms with Crippen molar-refractivity contribution < 1.29 is 14.3 Å². The number of ether oxygens (including phenoxy) is 2. The molecular formula is C13H25Cl2N3O3. The molecule has 0 aliphatic carbocycles. The van der Waals surface area contributed by atoms with Crippen molar-refractivity contribution in [1.29, 1.82) is 0 Å². The highest BCUT2D eigenvalue weighted by Crippen LogP contribution is 2.18. The molecule has 0 radical (unpaired) electrons. The van der Waals surface area contributed by atoms with Crippen molar-refractivity contribution >= 4 is 30.7 Å². The first-order chi connectivity index (χ1) is 9.34. The second-order valence-electron chi connectivity index (χ2n) is 5.44. The number of carbonyl (C=O) groups excluding carboxylic acids is 1. The second kappa shape index (κ2) is 9.12. The highest BCUT2D eigenvalue weighted by molar-refractivity contribution is 5.85. The van der Waals surface area contributed by atoms with Crippen LogP contribution in [0.25, 0.3) is 0 Å². The molecule has 0 aromatic rings. The predicted octanol–water partition coefficient (Wildman–Crippen LogP) is -0.248.